The number of anilines is 1. The van der Waals surface area contributed by atoms with E-state index in [2.05, 4.69) is 36.2 Å². The van der Waals surface area contributed by atoms with Crippen LogP contribution in [0.15, 0.2) is 4.52 Å². The normalized spacial score (nSPS) is 14.8. The Balaban J connectivity index is 2.87. The van der Waals surface area contributed by atoms with Gasteiger partial charge in [-0.1, -0.05) is 25.9 Å². The minimum atomic E-state index is -0.179. The smallest absolute Gasteiger partial charge is 0.321 e. The fourth-order valence-electron chi connectivity index (χ4n) is 1.56. The molecule has 0 amide bonds. The number of nitrogens with zero attached hydrogens (tertiary/aromatic N) is 2. The quantitative estimate of drug-likeness (QED) is 0.881. The van der Waals surface area contributed by atoms with Crippen LogP contribution in [0.5, 0.6) is 0 Å². The van der Waals surface area contributed by atoms with E-state index in [1.54, 1.807) is 7.11 Å². The maximum Gasteiger partial charge on any atom is 0.321 e. The van der Waals surface area contributed by atoms with Gasteiger partial charge in [-0.15, -0.1) is 0 Å². The lowest BCUT2D eigenvalue weighted by Gasteiger charge is -2.26. The molecule has 0 bridgehead atoms. The van der Waals surface area contributed by atoms with Crippen LogP contribution in [0, 0.1) is 5.41 Å². The molecule has 1 rings (SSSR count). The van der Waals surface area contributed by atoms with Crippen LogP contribution in [0.25, 0.3) is 0 Å². The molecular weight excluding hydrogens is 218 g/mol. The molecule has 1 heterocycles. The Morgan fingerprint density at radius 3 is 2.18 bits per heavy atom. The zero-order chi connectivity index (χ0) is 13.3. The molecule has 98 valence electrons. The van der Waals surface area contributed by atoms with Gasteiger partial charge >= 0.3 is 6.01 Å². The second kappa shape index (κ2) is 4.64. The number of hydrogen-bond donors (Lipinski definition) is 1. The largest absolute Gasteiger partial charge is 0.373 e. The van der Waals surface area contributed by atoms with Crippen LogP contribution in [0.3, 0.4) is 0 Å². The molecule has 0 saturated carbocycles. The Kier molecular flexibility index (Phi) is 3.81. The van der Waals surface area contributed by atoms with E-state index in [-0.39, 0.29) is 17.1 Å². The zero-order valence-electron chi connectivity index (χ0n) is 11.8. The highest BCUT2D eigenvalue weighted by Gasteiger charge is 2.30. The second-order valence-electron chi connectivity index (χ2n) is 6.31. The van der Waals surface area contributed by atoms with E-state index in [1.165, 1.54) is 0 Å². The van der Waals surface area contributed by atoms with Crippen LogP contribution in [0.1, 0.15) is 53.5 Å². The molecule has 0 aliphatic carbocycles. The van der Waals surface area contributed by atoms with E-state index in [4.69, 9.17) is 9.26 Å². The first kappa shape index (κ1) is 14.0. The van der Waals surface area contributed by atoms with E-state index >= 15 is 0 Å². The Labute approximate surface area is 103 Å². The third kappa shape index (κ3) is 4.00. The van der Waals surface area contributed by atoms with E-state index in [0.29, 0.717) is 11.8 Å². The summed E-state index contributed by atoms with van der Waals surface area (Å²) in [6, 6.07) is 0.429. The summed E-state index contributed by atoms with van der Waals surface area (Å²) >= 11 is 0. The molecule has 0 spiro atoms. The molecule has 5 heteroatoms. The first-order valence-electron chi connectivity index (χ1n) is 5.78. The molecule has 1 aromatic rings. The second-order valence-corrected chi connectivity index (χ2v) is 6.31. The third-order valence-electron chi connectivity index (χ3n) is 2.18. The van der Waals surface area contributed by atoms with Gasteiger partial charge in [-0.05, 0) is 26.2 Å². The Bertz CT molecular complexity index is 361. The van der Waals surface area contributed by atoms with Crippen molar-refractivity contribution in [3.05, 3.63) is 5.82 Å². The molecule has 0 saturated heterocycles. The lowest BCUT2D eigenvalue weighted by molar-refractivity contribution is 0.00718. The first-order valence-corrected chi connectivity index (χ1v) is 5.78. The first-order chi connectivity index (χ1) is 7.63. The van der Waals surface area contributed by atoms with Crippen molar-refractivity contribution < 1.29 is 9.26 Å². The lowest BCUT2D eigenvalue weighted by Crippen LogP contribution is -2.26. The number of aromatic nitrogens is 2. The lowest BCUT2D eigenvalue weighted by atomic mass is 9.88. The highest BCUT2D eigenvalue weighted by atomic mass is 16.5. The van der Waals surface area contributed by atoms with Crippen LogP contribution >= 0.6 is 0 Å². The highest BCUT2D eigenvalue weighted by Crippen LogP contribution is 2.34. The summed E-state index contributed by atoms with van der Waals surface area (Å²) in [6.45, 7) is 12.3. The van der Waals surface area contributed by atoms with Crippen LogP contribution in [-0.2, 0) is 4.74 Å². The summed E-state index contributed by atoms with van der Waals surface area (Å²) in [6.07, 6.45) is -0.179. The van der Waals surface area contributed by atoms with Gasteiger partial charge < -0.3 is 14.6 Å². The standard InChI is InChI=1S/C12H23N3O2/c1-11(2,3)8(16-7)9-13-10(17-15-9)14-12(4,5)6/h8H,1-7H3,(H,13,14,15). The van der Waals surface area contributed by atoms with Gasteiger partial charge in [0.1, 0.15) is 6.10 Å². The molecule has 0 aliphatic rings. The number of nitrogens with one attached hydrogen (secondary N) is 1. The topological polar surface area (TPSA) is 60.2 Å². The fraction of sp³-hybridized carbons (Fsp3) is 0.833. The monoisotopic (exact) mass is 241 g/mol. The summed E-state index contributed by atoms with van der Waals surface area (Å²) in [5, 5.41) is 7.10. The van der Waals surface area contributed by atoms with Gasteiger partial charge in [0, 0.05) is 12.6 Å². The maximum absolute atomic E-state index is 5.43. The third-order valence-corrected chi connectivity index (χ3v) is 2.18. The van der Waals surface area contributed by atoms with Crippen molar-refractivity contribution in [3.8, 4) is 0 Å². The SMILES string of the molecule is COC(c1noc(NC(C)(C)C)n1)C(C)(C)C. The van der Waals surface area contributed by atoms with Gasteiger partial charge in [0.05, 0.1) is 0 Å². The molecule has 5 nitrogen and oxygen atoms in total. The average Bonchev–Trinajstić information content (AvgIpc) is 2.48. The molecule has 0 fully saturated rings. The van der Waals surface area contributed by atoms with Gasteiger partial charge in [-0.2, -0.15) is 4.98 Å². The molecule has 1 atom stereocenters. The summed E-state index contributed by atoms with van der Waals surface area (Å²) < 4.78 is 10.6. The van der Waals surface area contributed by atoms with Crippen LogP contribution < -0.4 is 5.32 Å². The van der Waals surface area contributed by atoms with Gasteiger partial charge in [0.15, 0.2) is 0 Å². The van der Waals surface area contributed by atoms with Crippen LogP contribution in [0.2, 0.25) is 0 Å². The number of ether oxygens (including phenoxy) is 1. The number of hydrogen-bond acceptors (Lipinski definition) is 5. The summed E-state index contributed by atoms with van der Waals surface area (Å²) in [5.74, 6) is 0.576. The van der Waals surface area contributed by atoms with E-state index in [0.717, 1.165) is 0 Å². The summed E-state index contributed by atoms with van der Waals surface area (Å²) in [7, 11) is 1.66. The van der Waals surface area contributed by atoms with Crippen LogP contribution in [-0.4, -0.2) is 22.8 Å². The molecule has 0 radical (unpaired) electrons. The van der Waals surface area contributed by atoms with Gasteiger partial charge in [0.2, 0.25) is 5.82 Å². The minimum Gasteiger partial charge on any atom is -0.373 e. The Morgan fingerprint density at radius 1 is 1.18 bits per heavy atom. The Morgan fingerprint density at radius 2 is 1.76 bits per heavy atom. The molecule has 17 heavy (non-hydrogen) atoms. The van der Waals surface area contributed by atoms with Crippen molar-refractivity contribution in [1.82, 2.24) is 10.1 Å². The number of methoxy groups -OCH3 is 1. The molecule has 1 N–H and O–H groups in total. The predicted molar refractivity (Wildman–Crippen MR) is 66.9 cm³/mol. The van der Waals surface area contributed by atoms with Crippen molar-refractivity contribution in [3.63, 3.8) is 0 Å². The number of rotatable bonds is 3. The van der Waals surface area contributed by atoms with Gasteiger partial charge in [-0.3, -0.25) is 0 Å². The zero-order valence-corrected chi connectivity index (χ0v) is 11.8. The van der Waals surface area contributed by atoms with E-state index in [9.17, 15) is 0 Å². The minimum absolute atomic E-state index is 0.0718. The van der Waals surface area contributed by atoms with Crippen molar-refractivity contribution >= 4 is 6.01 Å². The van der Waals surface area contributed by atoms with Gasteiger partial charge in [0.25, 0.3) is 0 Å². The molecule has 0 aliphatic heterocycles. The molecule has 1 unspecified atom stereocenters. The van der Waals surface area contributed by atoms with Crippen molar-refractivity contribution in [1.29, 1.82) is 0 Å². The van der Waals surface area contributed by atoms with Gasteiger partial charge in [-0.25, -0.2) is 0 Å². The molecular formula is C12H23N3O2. The Hall–Kier alpha value is -1.10. The summed E-state index contributed by atoms with van der Waals surface area (Å²) in [4.78, 5) is 4.32. The van der Waals surface area contributed by atoms with E-state index in [1.807, 2.05) is 20.8 Å². The molecule has 1 aromatic heterocycles. The maximum atomic E-state index is 5.43. The summed E-state index contributed by atoms with van der Waals surface area (Å²) in [5.41, 5.74) is -0.175. The van der Waals surface area contributed by atoms with Crippen molar-refractivity contribution in [2.45, 2.75) is 53.2 Å². The van der Waals surface area contributed by atoms with Crippen molar-refractivity contribution in [2.75, 3.05) is 12.4 Å². The van der Waals surface area contributed by atoms with E-state index < -0.39 is 0 Å². The highest BCUT2D eigenvalue weighted by molar-refractivity contribution is 5.23. The van der Waals surface area contributed by atoms with Crippen molar-refractivity contribution in [2.24, 2.45) is 5.41 Å². The fourth-order valence-corrected chi connectivity index (χ4v) is 1.56. The molecule has 0 aromatic carbocycles. The average molecular weight is 241 g/mol. The predicted octanol–water partition coefficient (Wildman–Crippen LogP) is 3.01. The van der Waals surface area contributed by atoms with Crippen LogP contribution in [0.4, 0.5) is 6.01 Å².